The lowest BCUT2D eigenvalue weighted by atomic mass is 9.83. The Kier molecular flexibility index (Phi) is 2.89. The van der Waals surface area contributed by atoms with Crippen LogP contribution in [-0.4, -0.2) is 13.2 Å². The third-order valence-corrected chi connectivity index (χ3v) is 3.04. The van der Waals surface area contributed by atoms with E-state index in [0.29, 0.717) is 11.8 Å². The standard InChI is InChI=1S/C11H17NO2/c1-8-7-13-6-4-9(8)11(12)10-3-2-5-14-10/h2-3,5,8-9,11H,4,6-7,12H2,1H3. The lowest BCUT2D eigenvalue weighted by molar-refractivity contribution is 0.0131. The Morgan fingerprint density at radius 3 is 3.07 bits per heavy atom. The van der Waals surface area contributed by atoms with Gasteiger partial charge in [-0.15, -0.1) is 0 Å². The average molecular weight is 195 g/mol. The van der Waals surface area contributed by atoms with Gasteiger partial charge in [-0.3, -0.25) is 0 Å². The molecular formula is C11H17NO2. The molecule has 3 unspecified atom stereocenters. The Morgan fingerprint density at radius 2 is 2.43 bits per heavy atom. The molecule has 0 radical (unpaired) electrons. The quantitative estimate of drug-likeness (QED) is 0.784. The molecule has 0 aliphatic carbocycles. The number of furan rings is 1. The van der Waals surface area contributed by atoms with E-state index in [0.717, 1.165) is 25.4 Å². The minimum absolute atomic E-state index is 0.0175. The summed E-state index contributed by atoms with van der Waals surface area (Å²) in [6, 6.07) is 3.86. The van der Waals surface area contributed by atoms with E-state index in [9.17, 15) is 0 Å². The van der Waals surface area contributed by atoms with E-state index in [-0.39, 0.29) is 6.04 Å². The maximum atomic E-state index is 6.16. The van der Waals surface area contributed by atoms with Crippen molar-refractivity contribution in [2.45, 2.75) is 19.4 Å². The van der Waals surface area contributed by atoms with E-state index in [1.54, 1.807) is 6.26 Å². The van der Waals surface area contributed by atoms with Crippen LogP contribution in [0.15, 0.2) is 22.8 Å². The number of hydrogen-bond donors (Lipinski definition) is 1. The van der Waals surface area contributed by atoms with Gasteiger partial charge in [-0.1, -0.05) is 6.92 Å². The smallest absolute Gasteiger partial charge is 0.120 e. The molecule has 0 spiro atoms. The van der Waals surface area contributed by atoms with Gasteiger partial charge >= 0.3 is 0 Å². The SMILES string of the molecule is CC1COCCC1C(N)c1ccco1. The molecule has 1 aliphatic rings. The van der Waals surface area contributed by atoms with Crippen molar-refractivity contribution >= 4 is 0 Å². The monoisotopic (exact) mass is 195 g/mol. The van der Waals surface area contributed by atoms with Crippen LogP contribution in [0.4, 0.5) is 0 Å². The normalized spacial score (nSPS) is 30.1. The van der Waals surface area contributed by atoms with Gasteiger partial charge in [0.2, 0.25) is 0 Å². The fourth-order valence-corrected chi connectivity index (χ4v) is 2.12. The Bertz CT molecular complexity index is 271. The first-order valence-corrected chi connectivity index (χ1v) is 5.16. The van der Waals surface area contributed by atoms with Gasteiger partial charge in [0.1, 0.15) is 5.76 Å². The maximum absolute atomic E-state index is 6.16. The molecule has 2 N–H and O–H groups in total. The molecule has 78 valence electrons. The van der Waals surface area contributed by atoms with Gasteiger partial charge in [0.15, 0.2) is 0 Å². The van der Waals surface area contributed by atoms with Gasteiger partial charge in [0.05, 0.1) is 12.3 Å². The molecule has 14 heavy (non-hydrogen) atoms. The van der Waals surface area contributed by atoms with Crippen molar-refractivity contribution < 1.29 is 9.15 Å². The van der Waals surface area contributed by atoms with Crippen molar-refractivity contribution in [1.82, 2.24) is 0 Å². The second kappa shape index (κ2) is 4.15. The summed E-state index contributed by atoms with van der Waals surface area (Å²) in [5.41, 5.74) is 6.16. The van der Waals surface area contributed by atoms with E-state index in [2.05, 4.69) is 6.92 Å². The zero-order valence-electron chi connectivity index (χ0n) is 8.48. The predicted molar refractivity (Wildman–Crippen MR) is 53.7 cm³/mol. The Balaban J connectivity index is 2.06. The predicted octanol–water partition coefficient (Wildman–Crippen LogP) is 1.95. The van der Waals surface area contributed by atoms with Gasteiger partial charge < -0.3 is 14.9 Å². The van der Waals surface area contributed by atoms with E-state index in [1.807, 2.05) is 12.1 Å². The zero-order chi connectivity index (χ0) is 9.97. The van der Waals surface area contributed by atoms with Crippen LogP contribution in [0, 0.1) is 11.8 Å². The number of rotatable bonds is 2. The highest BCUT2D eigenvalue weighted by Gasteiger charge is 2.29. The second-order valence-electron chi connectivity index (χ2n) is 4.05. The molecule has 1 aromatic rings. The molecule has 3 heteroatoms. The largest absolute Gasteiger partial charge is 0.468 e. The molecule has 1 aromatic heterocycles. The van der Waals surface area contributed by atoms with Crippen LogP contribution in [0.2, 0.25) is 0 Å². The van der Waals surface area contributed by atoms with Crippen LogP contribution in [-0.2, 0) is 4.74 Å². The molecule has 0 aromatic carbocycles. The molecule has 0 bridgehead atoms. The zero-order valence-corrected chi connectivity index (χ0v) is 8.48. The molecule has 1 aliphatic heterocycles. The third kappa shape index (κ3) is 1.83. The van der Waals surface area contributed by atoms with Gasteiger partial charge in [-0.2, -0.15) is 0 Å². The number of hydrogen-bond acceptors (Lipinski definition) is 3. The molecular weight excluding hydrogens is 178 g/mol. The lowest BCUT2D eigenvalue weighted by Gasteiger charge is -2.32. The highest BCUT2D eigenvalue weighted by molar-refractivity contribution is 5.05. The van der Waals surface area contributed by atoms with Gasteiger partial charge in [-0.05, 0) is 30.4 Å². The van der Waals surface area contributed by atoms with Crippen LogP contribution < -0.4 is 5.73 Å². The molecule has 3 nitrogen and oxygen atoms in total. The maximum Gasteiger partial charge on any atom is 0.120 e. The molecule has 2 rings (SSSR count). The summed E-state index contributed by atoms with van der Waals surface area (Å²) >= 11 is 0. The average Bonchev–Trinajstić information content (AvgIpc) is 2.70. The summed E-state index contributed by atoms with van der Waals surface area (Å²) in [7, 11) is 0. The highest BCUT2D eigenvalue weighted by Crippen LogP contribution is 2.31. The minimum Gasteiger partial charge on any atom is -0.468 e. The highest BCUT2D eigenvalue weighted by atomic mass is 16.5. The fraction of sp³-hybridized carbons (Fsp3) is 0.636. The lowest BCUT2D eigenvalue weighted by Crippen LogP contribution is -2.33. The summed E-state index contributed by atoms with van der Waals surface area (Å²) in [6.07, 6.45) is 2.71. The molecule has 2 heterocycles. The Hall–Kier alpha value is -0.800. The molecule has 0 amide bonds. The first kappa shape index (κ1) is 9.74. The van der Waals surface area contributed by atoms with Crippen molar-refractivity contribution in [3.05, 3.63) is 24.2 Å². The van der Waals surface area contributed by atoms with Crippen LogP contribution in [0.1, 0.15) is 25.1 Å². The van der Waals surface area contributed by atoms with Crippen molar-refractivity contribution in [3.8, 4) is 0 Å². The van der Waals surface area contributed by atoms with Crippen molar-refractivity contribution in [1.29, 1.82) is 0 Å². The van der Waals surface area contributed by atoms with Crippen LogP contribution in [0.3, 0.4) is 0 Å². The Morgan fingerprint density at radius 1 is 1.57 bits per heavy atom. The summed E-state index contributed by atoms with van der Waals surface area (Å²) in [5.74, 6) is 1.89. The summed E-state index contributed by atoms with van der Waals surface area (Å²) in [5, 5.41) is 0. The van der Waals surface area contributed by atoms with Crippen LogP contribution >= 0.6 is 0 Å². The molecule has 1 saturated heterocycles. The second-order valence-corrected chi connectivity index (χ2v) is 4.05. The summed E-state index contributed by atoms with van der Waals surface area (Å²) < 4.78 is 10.7. The van der Waals surface area contributed by atoms with Crippen molar-refractivity contribution in [3.63, 3.8) is 0 Å². The molecule has 0 saturated carbocycles. The number of nitrogens with two attached hydrogens (primary N) is 1. The van der Waals surface area contributed by atoms with Gasteiger partial charge in [0, 0.05) is 13.2 Å². The summed E-state index contributed by atoms with van der Waals surface area (Å²) in [6.45, 7) is 3.83. The van der Waals surface area contributed by atoms with E-state index in [1.165, 1.54) is 0 Å². The first-order valence-electron chi connectivity index (χ1n) is 5.16. The van der Waals surface area contributed by atoms with Crippen LogP contribution in [0.5, 0.6) is 0 Å². The molecule has 1 fully saturated rings. The van der Waals surface area contributed by atoms with E-state index >= 15 is 0 Å². The first-order chi connectivity index (χ1) is 6.79. The third-order valence-electron chi connectivity index (χ3n) is 3.04. The minimum atomic E-state index is 0.0175. The van der Waals surface area contributed by atoms with Crippen molar-refractivity contribution in [2.75, 3.05) is 13.2 Å². The van der Waals surface area contributed by atoms with E-state index < -0.39 is 0 Å². The topological polar surface area (TPSA) is 48.4 Å². The van der Waals surface area contributed by atoms with Gasteiger partial charge in [0.25, 0.3) is 0 Å². The Labute approximate surface area is 84.2 Å². The van der Waals surface area contributed by atoms with E-state index in [4.69, 9.17) is 14.9 Å². The summed E-state index contributed by atoms with van der Waals surface area (Å²) in [4.78, 5) is 0. The van der Waals surface area contributed by atoms with Crippen LogP contribution in [0.25, 0.3) is 0 Å². The molecule has 3 atom stereocenters. The van der Waals surface area contributed by atoms with Gasteiger partial charge in [-0.25, -0.2) is 0 Å². The fourth-order valence-electron chi connectivity index (χ4n) is 2.12. The number of ether oxygens (including phenoxy) is 1. The van der Waals surface area contributed by atoms with Crippen molar-refractivity contribution in [2.24, 2.45) is 17.6 Å².